The average molecular weight is 292 g/mol. The number of hydrogen-bond donors (Lipinski definition) is 2. The molecule has 3 N–H and O–H groups in total. The molecule has 1 heterocycles. The molecule has 0 radical (unpaired) electrons. The summed E-state index contributed by atoms with van der Waals surface area (Å²) in [6, 6.07) is 8.69. The van der Waals surface area contributed by atoms with Crippen molar-refractivity contribution in [3.8, 4) is 0 Å². The highest BCUT2D eigenvalue weighted by molar-refractivity contribution is 7.09. The lowest BCUT2D eigenvalue weighted by Crippen LogP contribution is -2.27. The Morgan fingerprint density at radius 2 is 2.25 bits per heavy atom. The topological polar surface area (TPSA) is 55.1 Å². The number of amides is 1. The van der Waals surface area contributed by atoms with E-state index in [-0.39, 0.29) is 11.6 Å². The number of primary amides is 1. The third-order valence-corrected chi connectivity index (χ3v) is 3.96. The van der Waals surface area contributed by atoms with Crippen LogP contribution in [0.25, 0.3) is 0 Å². The van der Waals surface area contributed by atoms with E-state index < -0.39 is 11.7 Å². The molecule has 1 aromatic carbocycles. The van der Waals surface area contributed by atoms with Crippen LogP contribution in [0.15, 0.2) is 35.7 Å². The van der Waals surface area contributed by atoms with E-state index >= 15 is 0 Å². The highest BCUT2D eigenvalue weighted by atomic mass is 32.1. The molecule has 2 aromatic rings. The van der Waals surface area contributed by atoms with Crippen molar-refractivity contribution in [2.45, 2.75) is 25.9 Å². The molecule has 0 spiro atoms. The molecule has 20 heavy (non-hydrogen) atoms. The standard InChI is InChI=1S/C15H17FN2OS/c1-10(7-13-3-2-6-20-13)18-9-12-5-4-11(15(17)19)8-14(12)16/h2-6,8,10,18H,7,9H2,1H3,(H2,17,19). The minimum absolute atomic E-state index is 0.192. The molecule has 106 valence electrons. The van der Waals surface area contributed by atoms with Gasteiger partial charge in [-0.3, -0.25) is 4.79 Å². The van der Waals surface area contributed by atoms with E-state index in [1.165, 1.54) is 10.9 Å². The van der Waals surface area contributed by atoms with Gasteiger partial charge in [0, 0.05) is 28.6 Å². The predicted molar refractivity (Wildman–Crippen MR) is 79.2 cm³/mol. The lowest BCUT2D eigenvalue weighted by Gasteiger charge is -2.13. The van der Waals surface area contributed by atoms with Crippen molar-refractivity contribution in [2.24, 2.45) is 5.73 Å². The van der Waals surface area contributed by atoms with E-state index in [0.717, 1.165) is 6.42 Å². The fourth-order valence-electron chi connectivity index (χ4n) is 1.93. The van der Waals surface area contributed by atoms with Crippen LogP contribution in [0.3, 0.4) is 0 Å². The molecule has 2 rings (SSSR count). The number of halogens is 1. The number of nitrogens with two attached hydrogens (primary N) is 1. The molecule has 1 atom stereocenters. The van der Waals surface area contributed by atoms with Gasteiger partial charge >= 0.3 is 0 Å². The number of hydrogen-bond acceptors (Lipinski definition) is 3. The zero-order valence-corrected chi connectivity index (χ0v) is 12.0. The maximum absolute atomic E-state index is 13.8. The van der Waals surface area contributed by atoms with Gasteiger partial charge in [0.1, 0.15) is 5.82 Å². The minimum atomic E-state index is -0.616. The Hall–Kier alpha value is -1.72. The van der Waals surface area contributed by atoms with Crippen molar-refractivity contribution in [2.75, 3.05) is 0 Å². The van der Waals surface area contributed by atoms with Gasteiger partial charge in [-0.15, -0.1) is 11.3 Å². The first-order chi connectivity index (χ1) is 9.56. The highest BCUT2D eigenvalue weighted by Crippen LogP contribution is 2.13. The second-order valence-electron chi connectivity index (χ2n) is 4.74. The van der Waals surface area contributed by atoms with E-state index in [1.807, 2.05) is 11.4 Å². The molecule has 0 saturated heterocycles. The van der Waals surface area contributed by atoms with Gasteiger partial charge in [-0.1, -0.05) is 12.1 Å². The monoisotopic (exact) mass is 292 g/mol. The molecule has 1 aromatic heterocycles. The summed E-state index contributed by atoms with van der Waals surface area (Å²) in [6.45, 7) is 2.49. The number of rotatable bonds is 6. The molecule has 3 nitrogen and oxygen atoms in total. The van der Waals surface area contributed by atoms with Gasteiger partial charge in [-0.05, 0) is 36.9 Å². The Morgan fingerprint density at radius 1 is 1.45 bits per heavy atom. The Labute approximate surface area is 121 Å². The molecule has 0 aliphatic heterocycles. The molecule has 0 bridgehead atoms. The van der Waals surface area contributed by atoms with Crippen LogP contribution in [0.1, 0.15) is 27.7 Å². The third kappa shape index (κ3) is 3.88. The minimum Gasteiger partial charge on any atom is -0.366 e. The number of carbonyl (C=O) groups is 1. The van der Waals surface area contributed by atoms with E-state index in [0.29, 0.717) is 12.1 Å². The number of thiophene rings is 1. The first-order valence-corrected chi connectivity index (χ1v) is 7.28. The molecule has 0 aliphatic carbocycles. The van der Waals surface area contributed by atoms with Crippen molar-refractivity contribution in [3.05, 3.63) is 57.5 Å². The second-order valence-corrected chi connectivity index (χ2v) is 5.77. The fourth-order valence-corrected chi connectivity index (χ4v) is 2.77. The zero-order valence-electron chi connectivity index (χ0n) is 11.2. The Balaban J connectivity index is 1.92. The van der Waals surface area contributed by atoms with Crippen molar-refractivity contribution >= 4 is 17.2 Å². The number of benzene rings is 1. The highest BCUT2D eigenvalue weighted by Gasteiger charge is 2.09. The van der Waals surface area contributed by atoms with Crippen molar-refractivity contribution in [1.82, 2.24) is 5.32 Å². The quantitative estimate of drug-likeness (QED) is 0.860. The van der Waals surface area contributed by atoms with Gasteiger partial charge in [0.05, 0.1) is 0 Å². The lowest BCUT2D eigenvalue weighted by atomic mass is 10.1. The van der Waals surface area contributed by atoms with Gasteiger partial charge in [0.2, 0.25) is 5.91 Å². The molecular weight excluding hydrogens is 275 g/mol. The van der Waals surface area contributed by atoms with Crippen molar-refractivity contribution in [3.63, 3.8) is 0 Å². The van der Waals surface area contributed by atoms with E-state index in [4.69, 9.17) is 5.73 Å². The molecule has 0 aliphatic rings. The van der Waals surface area contributed by atoms with Gasteiger partial charge in [0.25, 0.3) is 0 Å². The molecule has 1 amide bonds. The maximum Gasteiger partial charge on any atom is 0.248 e. The van der Waals surface area contributed by atoms with Crippen LogP contribution in [0.2, 0.25) is 0 Å². The summed E-state index contributed by atoms with van der Waals surface area (Å²) in [5.74, 6) is -1.02. The van der Waals surface area contributed by atoms with Gasteiger partial charge < -0.3 is 11.1 Å². The Morgan fingerprint density at radius 3 is 2.85 bits per heavy atom. The van der Waals surface area contributed by atoms with Crippen LogP contribution in [0.5, 0.6) is 0 Å². The molecule has 0 fully saturated rings. The van der Waals surface area contributed by atoms with Crippen LogP contribution in [-0.4, -0.2) is 11.9 Å². The summed E-state index contributed by atoms with van der Waals surface area (Å²) in [5.41, 5.74) is 5.84. The molecular formula is C15H17FN2OS. The first-order valence-electron chi connectivity index (χ1n) is 6.40. The van der Waals surface area contributed by atoms with E-state index in [1.54, 1.807) is 23.5 Å². The third-order valence-electron chi connectivity index (χ3n) is 3.07. The van der Waals surface area contributed by atoms with Crippen LogP contribution in [0.4, 0.5) is 4.39 Å². The summed E-state index contributed by atoms with van der Waals surface area (Å²) in [6.07, 6.45) is 0.915. The van der Waals surface area contributed by atoms with Crippen LogP contribution in [-0.2, 0) is 13.0 Å². The predicted octanol–water partition coefficient (Wildman–Crippen LogP) is 2.71. The summed E-state index contributed by atoms with van der Waals surface area (Å²) < 4.78 is 13.8. The smallest absolute Gasteiger partial charge is 0.248 e. The summed E-state index contributed by atoms with van der Waals surface area (Å²) in [7, 11) is 0. The zero-order chi connectivity index (χ0) is 14.5. The van der Waals surface area contributed by atoms with Gasteiger partial charge in [0.15, 0.2) is 0 Å². The Bertz CT molecular complexity index is 584. The van der Waals surface area contributed by atoms with Crippen LogP contribution in [0, 0.1) is 5.82 Å². The number of carbonyl (C=O) groups excluding carboxylic acids is 1. The Kier molecular flexibility index (Phi) is 4.87. The number of nitrogens with one attached hydrogen (secondary N) is 1. The first kappa shape index (κ1) is 14.7. The van der Waals surface area contributed by atoms with Gasteiger partial charge in [-0.2, -0.15) is 0 Å². The summed E-state index contributed by atoms with van der Waals surface area (Å²) >= 11 is 1.72. The second kappa shape index (κ2) is 6.63. The summed E-state index contributed by atoms with van der Waals surface area (Å²) in [4.78, 5) is 12.2. The molecule has 0 saturated carbocycles. The normalized spacial score (nSPS) is 12.3. The fraction of sp³-hybridized carbons (Fsp3) is 0.267. The van der Waals surface area contributed by atoms with Crippen LogP contribution < -0.4 is 11.1 Å². The van der Waals surface area contributed by atoms with Crippen molar-refractivity contribution < 1.29 is 9.18 Å². The SMILES string of the molecule is CC(Cc1cccs1)NCc1ccc(C(N)=O)cc1F. The molecule has 1 unspecified atom stereocenters. The molecule has 5 heteroatoms. The average Bonchev–Trinajstić information content (AvgIpc) is 2.90. The summed E-state index contributed by atoms with van der Waals surface area (Å²) in [5, 5.41) is 5.32. The van der Waals surface area contributed by atoms with Crippen molar-refractivity contribution in [1.29, 1.82) is 0 Å². The van der Waals surface area contributed by atoms with Crippen LogP contribution >= 0.6 is 11.3 Å². The maximum atomic E-state index is 13.8. The largest absolute Gasteiger partial charge is 0.366 e. The van der Waals surface area contributed by atoms with E-state index in [2.05, 4.69) is 18.3 Å². The lowest BCUT2D eigenvalue weighted by molar-refractivity contribution is 0.1000. The van der Waals surface area contributed by atoms with E-state index in [9.17, 15) is 9.18 Å². The van der Waals surface area contributed by atoms with Gasteiger partial charge in [-0.25, -0.2) is 4.39 Å².